The predicted octanol–water partition coefficient (Wildman–Crippen LogP) is 3.63. The molecule has 0 amide bonds. The fraction of sp³-hybridized carbons (Fsp3) is 0.692. The summed E-state index contributed by atoms with van der Waals surface area (Å²) in [6.45, 7) is 7.51. The molecule has 1 unspecified atom stereocenters. The molecular weight excluding hydrogens is 234 g/mol. The molecule has 1 atom stereocenters. The first-order chi connectivity index (χ1) is 8.08. The molecule has 0 N–H and O–H groups in total. The molecule has 0 bridgehead atoms. The molecule has 0 saturated carbocycles. The first-order valence-corrected chi connectivity index (χ1v) is 6.77. The molecular formula is C13H20ClN3. The van der Waals surface area contributed by atoms with Crippen LogP contribution in [-0.2, 0) is 0 Å². The maximum Gasteiger partial charge on any atom is 0.135 e. The monoisotopic (exact) mass is 253 g/mol. The summed E-state index contributed by atoms with van der Waals surface area (Å²) in [7, 11) is 0. The Balaban J connectivity index is 2.30. The summed E-state index contributed by atoms with van der Waals surface area (Å²) >= 11 is 6.08. The maximum atomic E-state index is 6.08. The van der Waals surface area contributed by atoms with E-state index in [0.29, 0.717) is 17.1 Å². The van der Waals surface area contributed by atoms with Crippen molar-refractivity contribution in [1.82, 2.24) is 9.97 Å². The Bertz CT molecular complexity index is 392. The van der Waals surface area contributed by atoms with E-state index in [0.717, 1.165) is 18.2 Å². The van der Waals surface area contributed by atoms with E-state index in [9.17, 15) is 0 Å². The molecule has 0 radical (unpaired) electrons. The average Bonchev–Trinajstić information content (AvgIpc) is 2.28. The van der Waals surface area contributed by atoms with Crippen LogP contribution >= 0.6 is 11.6 Å². The number of hydrogen-bond acceptors (Lipinski definition) is 3. The van der Waals surface area contributed by atoms with Gasteiger partial charge in [0.25, 0.3) is 0 Å². The van der Waals surface area contributed by atoms with Crippen LogP contribution < -0.4 is 4.90 Å². The van der Waals surface area contributed by atoms with Crippen LogP contribution in [0.1, 0.15) is 51.8 Å². The van der Waals surface area contributed by atoms with Gasteiger partial charge in [0.2, 0.25) is 0 Å². The highest BCUT2D eigenvalue weighted by Crippen LogP contribution is 2.26. The Morgan fingerprint density at radius 1 is 1.35 bits per heavy atom. The normalized spacial score (nSPS) is 21.0. The molecule has 17 heavy (non-hydrogen) atoms. The highest BCUT2D eigenvalue weighted by Gasteiger charge is 2.21. The molecule has 0 spiro atoms. The quantitative estimate of drug-likeness (QED) is 0.754. The van der Waals surface area contributed by atoms with Crippen LogP contribution in [0.2, 0.25) is 5.15 Å². The zero-order chi connectivity index (χ0) is 12.4. The van der Waals surface area contributed by atoms with E-state index >= 15 is 0 Å². The smallest absolute Gasteiger partial charge is 0.135 e. The molecule has 1 aliphatic rings. The Morgan fingerprint density at radius 3 is 2.76 bits per heavy atom. The van der Waals surface area contributed by atoms with Crippen LogP contribution in [0.3, 0.4) is 0 Å². The van der Waals surface area contributed by atoms with Crippen LogP contribution in [0.4, 0.5) is 5.82 Å². The second kappa shape index (κ2) is 5.21. The van der Waals surface area contributed by atoms with Crippen molar-refractivity contribution in [2.24, 2.45) is 0 Å². The lowest BCUT2D eigenvalue weighted by molar-refractivity contribution is 0.480. The van der Waals surface area contributed by atoms with Gasteiger partial charge < -0.3 is 4.90 Å². The van der Waals surface area contributed by atoms with Crippen molar-refractivity contribution in [1.29, 1.82) is 0 Å². The van der Waals surface area contributed by atoms with Crippen molar-refractivity contribution >= 4 is 17.4 Å². The molecule has 2 rings (SSSR count). The van der Waals surface area contributed by atoms with E-state index in [1.165, 1.54) is 19.3 Å². The first-order valence-electron chi connectivity index (χ1n) is 6.39. The number of nitrogens with zero attached hydrogens (tertiary/aromatic N) is 3. The number of halogens is 1. The van der Waals surface area contributed by atoms with Crippen LogP contribution in [0.15, 0.2) is 6.07 Å². The van der Waals surface area contributed by atoms with Gasteiger partial charge in [0, 0.05) is 24.6 Å². The van der Waals surface area contributed by atoms with Crippen LogP contribution in [-0.4, -0.2) is 22.6 Å². The summed E-state index contributed by atoms with van der Waals surface area (Å²) in [5.41, 5.74) is 0. The Hall–Kier alpha value is -0.830. The minimum Gasteiger partial charge on any atom is -0.354 e. The van der Waals surface area contributed by atoms with Gasteiger partial charge in [-0.15, -0.1) is 0 Å². The third-order valence-electron chi connectivity index (χ3n) is 3.31. The fourth-order valence-corrected chi connectivity index (χ4v) is 2.45. The van der Waals surface area contributed by atoms with Gasteiger partial charge in [0.1, 0.15) is 16.8 Å². The highest BCUT2D eigenvalue weighted by atomic mass is 35.5. The zero-order valence-corrected chi connectivity index (χ0v) is 11.5. The van der Waals surface area contributed by atoms with Gasteiger partial charge in [-0.3, -0.25) is 0 Å². The summed E-state index contributed by atoms with van der Waals surface area (Å²) in [6, 6.07) is 2.43. The maximum absolute atomic E-state index is 6.08. The first kappa shape index (κ1) is 12.6. The summed E-state index contributed by atoms with van der Waals surface area (Å²) in [4.78, 5) is 11.3. The van der Waals surface area contributed by atoms with E-state index in [1.54, 1.807) is 0 Å². The standard InChI is InChI=1S/C13H20ClN3/c1-9(2)13-15-11(14)8-12(16-13)17-7-5-4-6-10(17)3/h8-10H,4-7H2,1-3H3. The zero-order valence-electron chi connectivity index (χ0n) is 10.8. The largest absolute Gasteiger partial charge is 0.354 e. The Labute approximate surface area is 108 Å². The lowest BCUT2D eigenvalue weighted by Gasteiger charge is -2.34. The predicted molar refractivity (Wildman–Crippen MR) is 71.8 cm³/mol. The minimum absolute atomic E-state index is 0.313. The summed E-state index contributed by atoms with van der Waals surface area (Å²) in [5.74, 6) is 2.14. The van der Waals surface area contributed by atoms with Crippen molar-refractivity contribution in [3.05, 3.63) is 17.0 Å². The van der Waals surface area contributed by atoms with Crippen molar-refractivity contribution in [3.63, 3.8) is 0 Å². The van der Waals surface area contributed by atoms with Gasteiger partial charge in [-0.2, -0.15) is 0 Å². The van der Waals surface area contributed by atoms with Gasteiger partial charge in [-0.1, -0.05) is 25.4 Å². The summed E-state index contributed by atoms with van der Waals surface area (Å²) < 4.78 is 0. The topological polar surface area (TPSA) is 29.0 Å². The molecule has 3 nitrogen and oxygen atoms in total. The van der Waals surface area contributed by atoms with Crippen LogP contribution in [0.25, 0.3) is 0 Å². The van der Waals surface area contributed by atoms with Gasteiger partial charge >= 0.3 is 0 Å². The molecule has 1 aliphatic heterocycles. The van der Waals surface area contributed by atoms with Crippen molar-refractivity contribution < 1.29 is 0 Å². The molecule has 4 heteroatoms. The van der Waals surface area contributed by atoms with Gasteiger partial charge in [0.15, 0.2) is 0 Å². The molecule has 1 saturated heterocycles. The van der Waals surface area contributed by atoms with Crippen molar-refractivity contribution in [2.75, 3.05) is 11.4 Å². The lowest BCUT2D eigenvalue weighted by Crippen LogP contribution is -2.38. The third-order valence-corrected chi connectivity index (χ3v) is 3.51. The third kappa shape index (κ3) is 2.89. The second-order valence-electron chi connectivity index (χ2n) is 5.10. The fourth-order valence-electron chi connectivity index (χ4n) is 2.27. The van der Waals surface area contributed by atoms with Crippen LogP contribution in [0.5, 0.6) is 0 Å². The number of anilines is 1. The van der Waals surface area contributed by atoms with E-state index < -0.39 is 0 Å². The van der Waals surface area contributed by atoms with Gasteiger partial charge in [-0.25, -0.2) is 9.97 Å². The number of rotatable bonds is 2. The Morgan fingerprint density at radius 2 is 2.12 bits per heavy atom. The van der Waals surface area contributed by atoms with Crippen molar-refractivity contribution in [3.8, 4) is 0 Å². The highest BCUT2D eigenvalue weighted by molar-refractivity contribution is 6.29. The lowest BCUT2D eigenvalue weighted by atomic mass is 10.0. The minimum atomic E-state index is 0.313. The molecule has 2 heterocycles. The van der Waals surface area contributed by atoms with E-state index in [2.05, 4.69) is 35.6 Å². The van der Waals surface area contributed by atoms with Crippen molar-refractivity contribution in [2.45, 2.75) is 52.0 Å². The van der Waals surface area contributed by atoms with E-state index in [4.69, 9.17) is 11.6 Å². The van der Waals surface area contributed by atoms with Gasteiger partial charge in [0.05, 0.1) is 0 Å². The van der Waals surface area contributed by atoms with Gasteiger partial charge in [-0.05, 0) is 26.2 Å². The van der Waals surface area contributed by atoms with E-state index in [1.807, 2.05) is 6.07 Å². The molecule has 0 aromatic carbocycles. The Kier molecular flexibility index (Phi) is 3.87. The molecule has 1 fully saturated rings. The molecule has 0 aliphatic carbocycles. The summed E-state index contributed by atoms with van der Waals surface area (Å²) in [6.07, 6.45) is 3.79. The summed E-state index contributed by atoms with van der Waals surface area (Å²) in [5, 5.41) is 0.552. The average molecular weight is 254 g/mol. The SMILES string of the molecule is CC(C)c1nc(Cl)cc(N2CCCCC2C)n1. The number of hydrogen-bond donors (Lipinski definition) is 0. The van der Waals surface area contributed by atoms with E-state index in [-0.39, 0.29) is 0 Å². The molecule has 1 aromatic rings. The molecule has 94 valence electrons. The number of piperidine rings is 1. The molecule has 1 aromatic heterocycles. The number of aromatic nitrogens is 2. The second-order valence-corrected chi connectivity index (χ2v) is 5.49. The van der Waals surface area contributed by atoms with Crippen LogP contribution in [0, 0.1) is 0 Å².